The Kier molecular flexibility index (Phi) is 2.22. The maximum absolute atomic E-state index is 11.0. The molecule has 1 aliphatic rings. The molecule has 1 fully saturated rings. The molecular weight excluding hydrogens is 128 g/mol. The van der Waals surface area contributed by atoms with Crippen molar-refractivity contribution in [2.45, 2.75) is 19.3 Å². The third-order valence-electron chi connectivity index (χ3n) is 1.94. The van der Waals surface area contributed by atoms with E-state index in [-0.39, 0.29) is 18.3 Å². The number of carbonyl (C=O) groups excluding carboxylic acids is 1. The normalized spacial score (nSPS) is 27.1. The standard InChI is InChI=1S/C8H12O2/c1-6-2-3-8(10)7(4-6)5-9/h7,9H,1-5H2. The molecular formula is C8H12O2. The second kappa shape index (κ2) is 2.97. The first kappa shape index (κ1) is 7.48. The van der Waals surface area contributed by atoms with Gasteiger partial charge in [-0.3, -0.25) is 4.79 Å². The Labute approximate surface area is 60.6 Å². The molecule has 0 aromatic heterocycles. The van der Waals surface area contributed by atoms with Gasteiger partial charge in [0.15, 0.2) is 0 Å². The summed E-state index contributed by atoms with van der Waals surface area (Å²) in [5.74, 6) is 0.0381. The molecule has 0 aliphatic heterocycles. The van der Waals surface area contributed by atoms with Crippen molar-refractivity contribution in [3.8, 4) is 0 Å². The highest BCUT2D eigenvalue weighted by Crippen LogP contribution is 2.23. The quantitative estimate of drug-likeness (QED) is 0.549. The lowest BCUT2D eigenvalue weighted by Gasteiger charge is -2.19. The molecule has 10 heavy (non-hydrogen) atoms. The zero-order chi connectivity index (χ0) is 7.56. The minimum Gasteiger partial charge on any atom is -0.396 e. The smallest absolute Gasteiger partial charge is 0.138 e. The fraction of sp³-hybridized carbons (Fsp3) is 0.625. The van der Waals surface area contributed by atoms with Gasteiger partial charge < -0.3 is 5.11 Å². The van der Waals surface area contributed by atoms with E-state index < -0.39 is 0 Å². The summed E-state index contributed by atoms with van der Waals surface area (Å²) in [5, 5.41) is 8.72. The van der Waals surface area contributed by atoms with Crippen molar-refractivity contribution in [2.75, 3.05) is 6.61 Å². The first-order valence-corrected chi connectivity index (χ1v) is 3.54. The van der Waals surface area contributed by atoms with Gasteiger partial charge in [-0.1, -0.05) is 12.2 Å². The van der Waals surface area contributed by atoms with Gasteiger partial charge in [0.25, 0.3) is 0 Å². The van der Waals surface area contributed by atoms with E-state index in [9.17, 15) is 4.79 Å². The van der Waals surface area contributed by atoms with Crippen LogP contribution in [0, 0.1) is 5.92 Å². The van der Waals surface area contributed by atoms with Crippen molar-refractivity contribution in [2.24, 2.45) is 5.92 Å². The number of hydrogen-bond acceptors (Lipinski definition) is 2. The lowest BCUT2D eigenvalue weighted by molar-refractivity contribution is -0.124. The van der Waals surface area contributed by atoms with Gasteiger partial charge in [-0.15, -0.1) is 0 Å². The van der Waals surface area contributed by atoms with Gasteiger partial charge in [0.05, 0.1) is 6.61 Å². The summed E-state index contributed by atoms with van der Waals surface area (Å²) in [6, 6.07) is 0. The molecule has 1 saturated carbocycles. The van der Waals surface area contributed by atoms with Crippen LogP contribution < -0.4 is 0 Å². The maximum Gasteiger partial charge on any atom is 0.138 e. The third kappa shape index (κ3) is 1.45. The van der Waals surface area contributed by atoms with Gasteiger partial charge in [0, 0.05) is 12.3 Å². The van der Waals surface area contributed by atoms with E-state index in [0.29, 0.717) is 12.8 Å². The van der Waals surface area contributed by atoms with Crippen LogP contribution in [0.4, 0.5) is 0 Å². The van der Waals surface area contributed by atoms with E-state index in [2.05, 4.69) is 6.58 Å². The Morgan fingerprint density at radius 1 is 1.60 bits per heavy atom. The highest BCUT2D eigenvalue weighted by molar-refractivity contribution is 5.82. The maximum atomic E-state index is 11.0. The monoisotopic (exact) mass is 140 g/mol. The minimum atomic E-state index is -0.152. The number of carbonyl (C=O) groups is 1. The Morgan fingerprint density at radius 3 is 2.80 bits per heavy atom. The number of aliphatic hydroxyl groups is 1. The lowest BCUT2D eigenvalue weighted by atomic mass is 9.86. The van der Waals surface area contributed by atoms with Gasteiger partial charge in [-0.25, -0.2) is 0 Å². The van der Waals surface area contributed by atoms with Crippen LogP contribution in [0.1, 0.15) is 19.3 Å². The van der Waals surface area contributed by atoms with E-state index in [1.807, 2.05) is 0 Å². The molecule has 1 unspecified atom stereocenters. The van der Waals surface area contributed by atoms with E-state index >= 15 is 0 Å². The number of rotatable bonds is 1. The molecule has 0 saturated heterocycles. The molecule has 0 amide bonds. The Hall–Kier alpha value is -0.630. The molecule has 0 aromatic carbocycles. The molecule has 1 aliphatic carbocycles. The van der Waals surface area contributed by atoms with Gasteiger partial charge in [0.1, 0.15) is 5.78 Å². The number of aliphatic hydroxyl groups excluding tert-OH is 1. The number of Topliss-reactive ketones (excluding diaryl/α,β-unsaturated/α-hetero) is 1. The topological polar surface area (TPSA) is 37.3 Å². The molecule has 0 aromatic rings. The van der Waals surface area contributed by atoms with Crippen LogP contribution in [-0.4, -0.2) is 17.5 Å². The van der Waals surface area contributed by atoms with Crippen LogP contribution in [-0.2, 0) is 4.79 Å². The molecule has 0 radical (unpaired) electrons. The minimum absolute atomic E-state index is 0.0160. The first-order valence-electron chi connectivity index (χ1n) is 3.54. The third-order valence-corrected chi connectivity index (χ3v) is 1.94. The van der Waals surface area contributed by atoms with E-state index in [1.54, 1.807) is 0 Å². The van der Waals surface area contributed by atoms with Crippen molar-refractivity contribution in [1.29, 1.82) is 0 Å². The SMILES string of the molecule is C=C1CCC(=O)C(CO)C1. The number of allylic oxidation sites excluding steroid dienone is 1. The predicted molar refractivity (Wildman–Crippen MR) is 38.6 cm³/mol. The average Bonchev–Trinajstić information content (AvgIpc) is 1.94. The van der Waals surface area contributed by atoms with Gasteiger partial charge in [-0.2, -0.15) is 0 Å². The molecule has 2 heteroatoms. The molecule has 1 atom stereocenters. The van der Waals surface area contributed by atoms with E-state index in [4.69, 9.17) is 5.11 Å². The van der Waals surface area contributed by atoms with Crippen LogP contribution in [0.3, 0.4) is 0 Å². The molecule has 2 nitrogen and oxygen atoms in total. The highest BCUT2D eigenvalue weighted by atomic mass is 16.3. The summed E-state index contributed by atoms with van der Waals surface area (Å²) < 4.78 is 0. The summed E-state index contributed by atoms with van der Waals surface area (Å²) in [7, 11) is 0. The summed E-state index contributed by atoms with van der Waals surface area (Å²) in [5.41, 5.74) is 1.10. The van der Waals surface area contributed by atoms with Gasteiger partial charge in [0.2, 0.25) is 0 Å². The molecule has 0 heterocycles. The van der Waals surface area contributed by atoms with Crippen molar-refractivity contribution < 1.29 is 9.90 Å². The van der Waals surface area contributed by atoms with E-state index in [0.717, 1.165) is 12.0 Å². The van der Waals surface area contributed by atoms with Gasteiger partial charge >= 0.3 is 0 Å². The van der Waals surface area contributed by atoms with Crippen molar-refractivity contribution in [3.63, 3.8) is 0 Å². The van der Waals surface area contributed by atoms with Crippen LogP contribution in [0.5, 0.6) is 0 Å². The molecule has 56 valence electrons. The molecule has 0 bridgehead atoms. The summed E-state index contributed by atoms with van der Waals surface area (Å²) >= 11 is 0. The highest BCUT2D eigenvalue weighted by Gasteiger charge is 2.22. The van der Waals surface area contributed by atoms with Crippen LogP contribution in [0.25, 0.3) is 0 Å². The van der Waals surface area contributed by atoms with Crippen LogP contribution in [0.15, 0.2) is 12.2 Å². The second-order valence-electron chi connectivity index (χ2n) is 2.80. The zero-order valence-electron chi connectivity index (χ0n) is 5.97. The molecule has 0 spiro atoms. The fourth-order valence-corrected chi connectivity index (χ4v) is 1.23. The van der Waals surface area contributed by atoms with E-state index in [1.165, 1.54) is 0 Å². The van der Waals surface area contributed by atoms with Crippen LogP contribution in [0.2, 0.25) is 0 Å². The Balaban J connectivity index is 2.53. The van der Waals surface area contributed by atoms with Crippen LogP contribution >= 0.6 is 0 Å². The lowest BCUT2D eigenvalue weighted by Crippen LogP contribution is -2.23. The fourth-order valence-electron chi connectivity index (χ4n) is 1.23. The van der Waals surface area contributed by atoms with Crippen molar-refractivity contribution in [1.82, 2.24) is 0 Å². The van der Waals surface area contributed by atoms with Crippen molar-refractivity contribution >= 4 is 5.78 Å². The Bertz CT molecular complexity index is 161. The largest absolute Gasteiger partial charge is 0.396 e. The Morgan fingerprint density at radius 2 is 2.30 bits per heavy atom. The summed E-state index contributed by atoms with van der Waals surface area (Å²) in [6.07, 6.45) is 2.08. The summed E-state index contributed by atoms with van der Waals surface area (Å²) in [6.45, 7) is 3.77. The first-order chi connectivity index (χ1) is 4.74. The zero-order valence-corrected chi connectivity index (χ0v) is 5.97. The second-order valence-corrected chi connectivity index (χ2v) is 2.80. The van der Waals surface area contributed by atoms with Gasteiger partial charge in [-0.05, 0) is 12.8 Å². The predicted octanol–water partition coefficient (Wildman–Crippen LogP) is 0.904. The molecule has 1 rings (SSSR count). The number of ketones is 1. The average molecular weight is 140 g/mol. The number of hydrogen-bond donors (Lipinski definition) is 1. The molecule has 1 N–H and O–H groups in total. The van der Waals surface area contributed by atoms with Crippen molar-refractivity contribution in [3.05, 3.63) is 12.2 Å². The summed E-state index contributed by atoms with van der Waals surface area (Å²) in [4.78, 5) is 11.0.